The average molecular weight is 2080 g/mol. The van der Waals surface area contributed by atoms with Gasteiger partial charge in [-0.05, 0) is 119 Å². The van der Waals surface area contributed by atoms with Crippen LogP contribution in [-0.4, -0.2) is 291 Å². The number of nitrogens with one attached hydrogen (secondary N) is 1. The zero-order valence-electron chi connectivity index (χ0n) is 86.0. The summed E-state index contributed by atoms with van der Waals surface area (Å²) in [5.41, 5.74) is -1.31. The predicted molar refractivity (Wildman–Crippen MR) is 518 cm³/mol. The molecule has 3 aliphatic rings. The summed E-state index contributed by atoms with van der Waals surface area (Å²) in [7, 11) is -13.8. The van der Waals surface area contributed by atoms with Gasteiger partial charge in [-0.2, -0.15) is 10.5 Å². The zero-order chi connectivity index (χ0) is 103. The molecule has 0 saturated carbocycles. The molecule has 3 saturated heterocycles. The number of ether oxygens (including phenoxy) is 14. The summed E-state index contributed by atoms with van der Waals surface area (Å²) in [6.45, 7) is 49.6. The summed E-state index contributed by atoms with van der Waals surface area (Å²) >= 11 is 0. The fourth-order valence-electron chi connectivity index (χ4n) is 14.5. The number of amides is 1. The third-order valence-corrected chi connectivity index (χ3v) is 30.4. The second-order valence-electron chi connectivity index (χ2n) is 34.9. The molecule has 3 aliphatic heterocycles. The molecule has 0 spiro atoms. The van der Waals surface area contributed by atoms with Crippen molar-refractivity contribution in [3.05, 3.63) is 34.3 Å². The fraction of sp³-hybridized carbons (Fsp3) is 0.904. The van der Waals surface area contributed by atoms with Crippen LogP contribution in [-0.2, 0) is 158 Å². The normalized spacial score (nSPS) is 23.8. The molecule has 45 heteroatoms. The lowest BCUT2D eigenvalue weighted by molar-refractivity contribution is -0.255. The number of phosphoric acid groups is 1. The monoisotopic (exact) mass is 2080 g/mol. The van der Waals surface area contributed by atoms with Gasteiger partial charge in [0.15, 0.2) is 18.9 Å². The highest BCUT2D eigenvalue weighted by molar-refractivity contribution is 7.53. The summed E-state index contributed by atoms with van der Waals surface area (Å²) in [5, 5.41) is 21.8. The molecule has 40 nitrogen and oxygen atoms in total. The summed E-state index contributed by atoms with van der Waals surface area (Å²) in [6.07, 6.45) is 8.67. The van der Waals surface area contributed by atoms with E-state index in [4.69, 9.17) is 156 Å². The second kappa shape index (κ2) is 81.1. The second-order valence-corrected chi connectivity index (χ2v) is 42.4. The summed E-state index contributed by atoms with van der Waals surface area (Å²) in [5.74, 6) is -0.590. The smallest absolute Gasteiger partial charge is 0.463 e. The minimum Gasteiger partial charge on any atom is -0.463 e. The molecule has 1 N–H and O–H groups in total. The number of nitriles is 2. The van der Waals surface area contributed by atoms with E-state index in [1.807, 2.05) is 19.9 Å². The van der Waals surface area contributed by atoms with Crippen LogP contribution in [0.3, 0.4) is 0 Å². The molecule has 3 rings (SSSR count). The Balaban J connectivity index is 1.89. The maximum Gasteiger partial charge on any atom is 0.474 e. The third kappa shape index (κ3) is 60.2. The highest BCUT2D eigenvalue weighted by atomic mass is 31.2. The lowest BCUT2D eigenvalue weighted by Gasteiger charge is -2.44. The van der Waals surface area contributed by atoms with Crippen molar-refractivity contribution < 1.29 is 159 Å². The van der Waals surface area contributed by atoms with Gasteiger partial charge in [-0.1, -0.05) is 101 Å². The van der Waals surface area contributed by atoms with Crippen molar-refractivity contribution in [2.24, 2.45) is 58.7 Å². The minimum absolute atomic E-state index is 0.0327. The molecule has 0 aliphatic carbocycles. The lowest BCUT2D eigenvalue weighted by Crippen LogP contribution is -2.58. The van der Waals surface area contributed by atoms with Gasteiger partial charge in [0.1, 0.15) is 39.6 Å². The van der Waals surface area contributed by atoms with Crippen molar-refractivity contribution in [3.8, 4) is 12.1 Å². The number of nitrogens with zero attached hydrogens (tertiary/aromatic N) is 5. The largest absolute Gasteiger partial charge is 0.474 e. The van der Waals surface area contributed by atoms with Gasteiger partial charge in [0.05, 0.1) is 160 Å². The van der Waals surface area contributed by atoms with Crippen LogP contribution >= 0.6 is 41.2 Å². The lowest BCUT2D eigenvalue weighted by atomic mass is 9.79. The van der Waals surface area contributed by atoms with Crippen molar-refractivity contribution in [3.63, 3.8) is 0 Å². The predicted octanol–water partition coefficient (Wildman–Crippen LogP) is 18.0. The summed E-state index contributed by atoms with van der Waals surface area (Å²) < 4.78 is 206. The van der Waals surface area contributed by atoms with Gasteiger partial charge in [0, 0.05) is 106 Å². The van der Waals surface area contributed by atoms with Gasteiger partial charge in [-0.3, -0.25) is 37.3 Å². The van der Waals surface area contributed by atoms with Crippen molar-refractivity contribution in [2.45, 2.75) is 269 Å². The Bertz CT molecular complexity index is 3440. The number of carbonyl (C=O) groups is 4. The standard InChI is InChI=1S/C94H167N6O34P5/c1-18-44-107-64-86(66-130-138(105,127-19-2)63-33-26-39-95)65-108-45-38-59-129-139(106,128-58-34-40-96)131-73-94(70-109-46-35-55-121-135(124-60-41-97-15)118-52-30-23-20-27-49-112-91-80(9)74(3)76(5)87(132-91)67-115-83(12)102,71-110-47-36-56-122-136(125-61-42-98-16)119-53-31-24-21-28-50-113-92-81(10)75(4)77(6)88(133-92)68-116-84(13)103)72-111-48-37-57-123-137(126-62-43-99-17)120-54-32-25-22-29-51-114-93-90(100-82(11)101)79(8)78(7)89(134-93)69-117-85(14)104/h74-81,86-93H,18-38,41-73H2,1-14H3,(H,100,101)/t74-,75-,76+,77+,78+,79-,80?,81?,86?,87?,88?,89?,90?,91+,92+,93+,94?,135?,136?,137?,138?,139?/m0/s1/i1D. The molecular weight excluding hydrogens is 1910 g/mol. The van der Waals surface area contributed by atoms with Crippen LogP contribution in [0.15, 0.2) is 0 Å². The Kier molecular flexibility index (Phi) is 74.3. The van der Waals surface area contributed by atoms with E-state index in [0.29, 0.717) is 116 Å². The Morgan fingerprint density at radius 2 is 0.770 bits per heavy atom. The minimum atomic E-state index is -4.58. The maximum absolute atomic E-state index is 15.1. The van der Waals surface area contributed by atoms with Gasteiger partial charge in [0.2, 0.25) is 25.5 Å². The molecule has 139 heavy (non-hydrogen) atoms. The first kappa shape index (κ1) is 127. The number of esters is 3. The molecule has 3 fully saturated rings. The van der Waals surface area contributed by atoms with E-state index in [-0.39, 0.29) is 263 Å². The first-order valence-electron chi connectivity index (χ1n) is 50.2. The highest BCUT2D eigenvalue weighted by Gasteiger charge is 2.45. The van der Waals surface area contributed by atoms with Gasteiger partial charge in [-0.15, -0.1) is 0 Å². The molecule has 0 aromatic rings. The number of hydrogen-bond donors (Lipinski definition) is 1. The van der Waals surface area contributed by atoms with Crippen LogP contribution in [0.5, 0.6) is 0 Å². The van der Waals surface area contributed by atoms with Crippen LogP contribution in [0.25, 0.3) is 14.5 Å². The van der Waals surface area contributed by atoms with Crippen molar-refractivity contribution >= 4 is 65.0 Å². The molecule has 1 amide bonds. The number of hydrogen-bond acceptors (Lipinski definition) is 36. The van der Waals surface area contributed by atoms with E-state index in [0.717, 1.165) is 51.4 Å². The summed E-state index contributed by atoms with van der Waals surface area (Å²) in [4.78, 5) is 57.5. The van der Waals surface area contributed by atoms with Gasteiger partial charge in [-0.25, -0.2) is 24.3 Å². The Labute approximate surface area is 833 Å². The number of phosphoric ester groups is 1. The van der Waals surface area contributed by atoms with Crippen LogP contribution in [0.4, 0.5) is 0 Å². The van der Waals surface area contributed by atoms with E-state index in [1.54, 1.807) is 6.92 Å². The molecule has 21 atom stereocenters. The Morgan fingerprint density at radius 1 is 0.403 bits per heavy atom. The van der Waals surface area contributed by atoms with Crippen molar-refractivity contribution in [1.29, 1.82) is 10.5 Å². The van der Waals surface area contributed by atoms with E-state index in [1.165, 1.54) is 27.7 Å². The Hall–Kier alpha value is -3.92. The van der Waals surface area contributed by atoms with E-state index in [9.17, 15) is 29.0 Å². The zero-order valence-corrected chi connectivity index (χ0v) is 89.5. The number of rotatable bonds is 89. The molecule has 802 valence electrons. The van der Waals surface area contributed by atoms with Gasteiger partial charge >= 0.3 is 59.1 Å². The molecular formula is C94H167N6O34P5. The van der Waals surface area contributed by atoms with E-state index in [2.05, 4.69) is 67.5 Å². The van der Waals surface area contributed by atoms with Crippen molar-refractivity contribution in [1.82, 2.24) is 5.32 Å². The van der Waals surface area contributed by atoms with Gasteiger partial charge in [0.25, 0.3) is 0 Å². The number of carbonyl (C=O) groups excluding carboxylic acids is 4. The fourth-order valence-corrected chi connectivity index (χ4v) is 20.5. The van der Waals surface area contributed by atoms with Crippen LogP contribution in [0, 0.1) is 101 Å². The number of unbranched alkanes of at least 4 members (excludes halogenated alkanes) is 10. The molecule has 12 unspecified atom stereocenters. The van der Waals surface area contributed by atoms with Crippen LogP contribution in [0.1, 0.15) is 227 Å². The Morgan fingerprint density at radius 3 is 1.17 bits per heavy atom. The molecule has 0 aromatic carbocycles. The maximum atomic E-state index is 15.1. The van der Waals surface area contributed by atoms with Crippen LogP contribution in [0.2, 0.25) is 0 Å². The highest BCUT2D eigenvalue weighted by Crippen LogP contribution is 2.52. The third-order valence-electron chi connectivity index (χ3n) is 23.4. The first-order valence-corrected chi connectivity index (χ1v) is 55.9. The van der Waals surface area contributed by atoms with Crippen LogP contribution < -0.4 is 5.32 Å². The van der Waals surface area contributed by atoms with E-state index < -0.39 is 96.2 Å². The molecule has 0 bridgehead atoms. The van der Waals surface area contributed by atoms with E-state index >= 15 is 4.57 Å². The average Bonchev–Trinajstić information content (AvgIpc) is 0.792. The topological polar surface area (TPSA) is 434 Å². The quantitative estimate of drug-likeness (QED) is 0.0194. The first-order chi connectivity index (χ1) is 67.6. The molecule has 0 radical (unpaired) electrons. The molecule has 3 heterocycles. The summed E-state index contributed by atoms with van der Waals surface area (Å²) in [6, 6.07) is 3.65. The van der Waals surface area contributed by atoms with Gasteiger partial charge < -0.3 is 136 Å². The van der Waals surface area contributed by atoms with Crippen molar-refractivity contribution in [2.75, 3.05) is 224 Å². The molecule has 0 aromatic heterocycles. The SMILES string of the molecule is [2H]CCCOCC(COCCCOP(=O)(OCCC#N)OCC(COCCCOP(OCCCCCCO[C@@H]1OC(COC(C)=O)[C@H](C)[C@H](C)C1C)OCC[N+]#[C-])(COCCCOP(OCCCCCCO[C@@H]1OC(COC(C)=O)[C@H](C)[C@H](C)C1C)OCC[N+]#[C-])COCCCOP(OCCCCCCO[C@@H]1OC(COC(C)=O)[C@H](C)[C@H](C)C1NC(C)=O)OCC[N+]#[C-])COP(=O)(CCCC#N)OCC.